The summed E-state index contributed by atoms with van der Waals surface area (Å²) < 4.78 is 10.6. The maximum Gasteiger partial charge on any atom is 0.332 e. The quantitative estimate of drug-likeness (QED) is 0.532. The minimum Gasteiger partial charge on any atom is -0.382 e. The fourth-order valence-corrected chi connectivity index (χ4v) is 3.30. The van der Waals surface area contributed by atoms with Crippen LogP contribution in [0.25, 0.3) is 11.2 Å². The van der Waals surface area contributed by atoms with Gasteiger partial charge < -0.3 is 14.6 Å². The van der Waals surface area contributed by atoms with Gasteiger partial charge in [0.1, 0.15) is 0 Å². The minimum absolute atomic E-state index is 0.205. The summed E-state index contributed by atoms with van der Waals surface area (Å²) in [5, 5.41) is 3.21. The predicted octanol–water partition coefficient (Wildman–Crippen LogP) is 2.08. The Hall–Kier alpha value is -2.39. The molecule has 0 saturated heterocycles. The van der Waals surface area contributed by atoms with E-state index in [2.05, 4.69) is 26.2 Å². The van der Waals surface area contributed by atoms with Gasteiger partial charge >= 0.3 is 5.69 Å². The van der Waals surface area contributed by atoms with E-state index in [0.29, 0.717) is 36.9 Å². The summed E-state index contributed by atoms with van der Waals surface area (Å²) >= 11 is 3.39. The largest absolute Gasteiger partial charge is 0.382 e. The molecule has 9 heteroatoms. The molecule has 0 unspecified atom stereocenters. The highest BCUT2D eigenvalue weighted by atomic mass is 79.9. The lowest BCUT2D eigenvalue weighted by Crippen LogP contribution is -2.39. The van der Waals surface area contributed by atoms with Gasteiger partial charge in [-0.2, -0.15) is 4.98 Å². The number of rotatable bonds is 8. The van der Waals surface area contributed by atoms with Crippen LogP contribution in [0.5, 0.6) is 0 Å². The number of nitrogens with zero attached hydrogens (tertiary/aromatic N) is 4. The van der Waals surface area contributed by atoms with Crippen LogP contribution in [-0.4, -0.2) is 38.4 Å². The third kappa shape index (κ3) is 4.05. The molecule has 0 aliphatic carbocycles. The van der Waals surface area contributed by atoms with E-state index in [1.807, 2.05) is 31.2 Å². The first-order valence-electron chi connectivity index (χ1n) is 9.16. The van der Waals surface area contributed by atoms with E-state index in [9.17, 15) is 9.59 Å². The molecule has 0 radical (unpaired) electrons. The first-order chi connectivity index (χ1) is 13.4. The van der Waals surface area contributed by atoms with Crippen molar-refractivity contribution in [3.05, 3.63) is 55.1 Å². The fraction of sp³-hybridized carbons (Fsp3) is 0.421. The average molecular weight is 450 g/mol. The lowest BCUT2D eigenvalue weighted by Gasteiger charge is -2.09. The van der Waals surface area contributed by atoms with Gasteiger partial charge in [-0.05, 0) is 31.0 Å². The molecule has 3 rings (SSSR count). The number of aromatic nitrogens is 4. The lowest BCUT2D eigenvalue weighted by atomic mass is 10.2. The van der Waals surface area contributed by atoms with E-state index < -0.39 is 0 Å². The molecule has 1 N–H and O–H groups in total. The Morgan fingerprint density at radius 3 is 2.54 bits per heavy atom. The Morgan fingerprint density at radius 2 is 1.86 bits per heavy atom. The Bertz CT molecular complexity index is 1080. The maximum atomic E-state index is 13.1. The van der Waals surface area contributed by atoms with Gasteiger partial charge in [-0.1, -0.05) is 28.1 Å². The van der Waals surface area contributed by atoms with Crippen molar-refractivity contribution < 1.29 is 4.74 Å². The van der Waals surface area contributed by atoms with Gasteiger partial charge in [-0.3, -0.25) is 13.9 Å². The predicted molar refractivity (Wildman–Crippen MR) is 113 cm³/mol. The van der Waals surface area contributed by atoms with Crippen LogP contribution in [0.1, 0.15) is 18.9 Å². The number of hydrogen-bond acceptors (Lipinski definition) is 5. The molecule has 0 amide bonds. The van der Waals surface area contributed by atoms with Crippen LogP contribution in [0.3, 0.4) is 0 Å². The fourth-order valence-electron chi connectivity index (χ4n) is 3.03. The molecule has 2 heterocycles. The molecule has 0 atom stereocenters. The second-order valence-electron chi connectivity index (χ2n) is 6.50. The van der Waals surface area contributed by atoms with E-state index in [0.717, 1.165) is 16.5 Å². The van der Waals surface area contributed by atoms with E-state index in [4.69, 9.17) is 4.74 Å². The Morgan fingerprint density at radius 1 is 1.14 bits per heavy atom. The number of aryl methyl sites for hydroxylation is 2. The summed E-state index contributed by atoms with van der Waals surface area (Å²) in [6.07, 6.45) is 0.823. The van der Waals surface area contributed by atoms with Gasteiger partial charge in [0, 0.05) is 38.3 Å². The molecule has 2 aromatic heterocycles. The number of nitrogens with one attached hydrogen (secondary N) is 1. The van der Waals surface area contributed by atoms with Gasteiger partial charge in [-0.25, -0.2) is 4.79 Å². The van der Waals surface area contributed by atoms with Crippen LogP contribution < -0.4 is 16.6 Å². The molecule has 0 aliphatic heterocycles. The second-order valence-corrected chi connectivity index (χ2v) is 7.42. The molecular formula is C19H24BrN5O3. The second kappa shape index (κ2) is 8.74. The number of fused-ring (bicyclic) bond motifs is 1. The topological polar surface area (TPSA) is 83.1 Å². The molecule has 0 saturated carbocycles. The van der Waals surface area contributed by atoms with Crippen molar-refractivity contribution in [2.75, 3.05) is 25.1 Å². The monoisotopic (exact) mass is 449 g/mol. The molecule has 0 aliphatic rings. The standard InChI is InChI=1S/C19H24BrN5O3/c1-4-28-11-5-10-21-18-22-16-15(23(18)2)17(26)25(19(27)24(16)3)12-13-6-8-14(20)9-7-13/h6-9H,4-5,10-12H2,1-3H3,(H,21,22). The van der Waals surface area contributed by atoms with Crippen molar-refractivity contribution in [2.24, 2.45) is 14.1 Å². The van der Waals surface area contributed by atoms with Crippen molar-refractivity contribution in [3.8, 4) is 0 Å². The van der Waals surface area contributed by atoms with Crippen molar-refractivity contribution >= 4 is 33.0 Å². The Labute approximate surface area is 170 Å². The molecule has 8 nitrogen and oxygen atoms in total. The van der Waals surface area contributed by atoms with Crippen LogP contribution in [0.4, 0.5) is 5.95 Å². The molecular weight excluding hydrogens is 426 g/mol. The summed E-state index contributed by atoms with van der Waals surface area (Å²) in [6.45, 7) is 4.17. The number of benzene rings is 1. The zero-order valence-corrected chi connectivity index (χ0v) is 17.8. The third-order valence-corrected chi connectivity index (χ3v) is 5.10. The van der Waals surface area contributed by atoms with Crippen molar-refractivity contribution in [2.45, 2.75) is 19.9 Å². The lowest BCUT2D eigenvalue weighted by molar-refractivity contribution is 0.147. The van der Waals surface area contributed by atoms with Crippen LogP contribution in [0.2, 0.25) is 0 Å². The molecule has 0 spiro atoms. The van der Waals surface area contributed by atoms with Gasteiger partial charge in [0.2, 0.25) is 5.95 Å². The van der Waals surface area contributed by atoms with E-state index in [1.54, 1.807) is 18.7 Å². The highest BCUT2D eigenvalue weighted by Crippen LogP contribution is 2.14. The first kappa shape index (κ1) is 20.3. The van der Waals surface area contributed by atoms with Crippen LogP contribution in [0.15, 0.2) is 38.3 Å². The molecule has 28 heavy (non-hydrogen) atoms. The normalized spacial score (nSPS) is 11.3. The van der Waals surface area contributed by atoms with E-state index in [1.165, 1.54) is 9.13 Å². The molecule has 1 aromatic carbocycles. The molecule has 0 fully saturated rings. The van der Waals surface area contributed by atoms with E-state index in [-0.39, 0.29) is 17.8 Å². The summed E-state index contributed by atoms with van der Waals surface area (Å²) in [4.78, 5) is 30.3. The zero-order valence-electron chi connectivity index (χ0n) is 16.2. The molecule has 150 valence electrons. The van der Waals surface area contributed by atoms with Crippen LogP contribution in [0, 0.1) is 0 Å². The third-order valence-electron chi connectivity index (χ3n) is 4.57. The average Bonchev–Trinajstić information content (AvgIpc) is 3.01. The zero-order chi connectivity index (χ0) is 20.3. The van der Waals surface area contributed by atoms with Crippen molar-refractivity contribution in [3.63, 3.8) is 0 Å². The number of anilines is 1. The smallest absolute Gasteiger partial charge is 0.332 e. The van der Waals surface area contributed by atoms with Crippen molar-refractivity contribution in [1.29, 1.82) is 0 Å². The SMILES string of the molecule is CCOCCCNc1nc2c(c(=O)n(Cc3ccc(Br)cc3)c(=O)n2C)n1C. The summed E-state index contributed by atoms with van der Waals surface area (Å²) in [6, 6.07) is 7.54. The summed E-state index contributed by atoms with van der Waals surface area (Å²) in [5.74, 6) is 0.556. The molecule has 0 bridgehead atoms. The highest BCUT2D eigenvalue weighted by molar-refractivity contribution is 9.10. The summed E-state index contributed by atoms with van der Waals surface area (Å²) in [5.41, 5.74) is 0.904. The van der Waals surface area contributed by atoms with Gasteiger partial charge in [0.05, 0.1) is 6.54 Å². The number of imidazole rings is 1. The van der Waals surface area contributed by atoms with Gasteiger partial charge in [0.25, 0.3) is 5.56 Å². The number of ether oxygens (including phenoxy) is 1. The van der Waals surface area contributed by atoms with Crippen molar-refractivity contribution in [1.82, 2.24) is 18.7 Å². The van der Waals surface area contributed by atoms with Gasteiger partial charge in [0.15, 0.2) is 11.2 Å². The summed E-state index contributed by atoms with van der Waals surface area (Å²) in [7, 11) is 3.41. The van der Waals surface area contributed by atoms with Crippen LogP contribution >= 0.6 is 15.9 Å². The Balaban J connectivity index is 1.96. The van der Waals surface area contributed by atoms with Gasteiger partial charge in [-0.15, -0.1) is 0 Å². The number of halogens is 1. The van der Waals surface area contributed by atoms with Crippen LogP contribution in [-0.2, 0) is 25.4 Å². The Kier molecular flexibility index (Phi) is 6.35. The highest BCUT2D eigenvalue weighted by Gasteiger charge is 2.18. The van der Waals surface area contributed by atoms with E-state index >= 15 is 0 Å². The first-order valence-corrected chi connectivity index (χ1v) is 9.95. The molecule has 3 aromatic rings. The maximum absolute atomic E-state index is 13.1. The minimum atomic E-state index is -0.388. The number of hydrogen-bond donors (Lipinski definition) is 1.